The van der Waals surface area contributed by atoms with Crippen LogP contribution in [0.1, 0.15) is 5.89 Å². The summed E-state index contributed by atoms with van der Waals surface area (Å²) in [7, 11) is 0. The first-order chi connectivity index (χ1) is 5.79. The Morgan fingerprint density at radius 1 is 1.50 bits per heavy atom. The van der Waals surface area contributed by atoms with Crippen molar-refractivity contribution in [1.82, 2.24) is 4.98 Å². The fraction of sp³-hybridized carbons (Fsp3) is 0.125. The van der Waals surface area contributed by atoms with E-state index in [-0.39, 0.29) is 0 Å². The van der Waals surface area contributed by atoms with Crippen LogP contribution in [0.5, 0.6) is 0 Å². The Bertz CT molecular complexity index is 410. The van der Waals surface area contributed by atoms with Crippen molar-refractivity contribution in [3.63, 3.8) is 0 Å². The van der Waals surface area contributed by atoms with E-state index in [0.29, 0.717) is 12.4 Å². The first-order valence-electron chi connectivity index (χ1n) is 3.54. The third-order valence-electron chi connectivity index (χ3n) is 1.57. The van der Waals surface area contributed by atoms with Crippen molar-refractivity contribution in [3.8, 4) is 0 Å². The lowest BCUT2D eigenvalue weighted by molar-refractivity contribution is 0.533. The average molecular weight is 274 g/mol. The summed E-state index contributed by atoms with van der Waals surface area (Å²) in [4.78, 5) is 4.20. The fourth-order valence-corrected chi connectivity index (χ4v) is 1.51. The topological polar surface area (TPSA) is 52.0 Å². The van der Waals surface area contributed by atoms with Crippen molar-refractivity contribution in [2.45, 2.75) is 6.54 Å². The van der Waals surface area contributed by atoms with Gasteiger partial charge in [-0.05, 0) is 40.8 Å². The highest BCUT2D eigenvalue weighted by molar-refractivity contribution is 14.1. The summed E-state index contributed by atoms with van der Waals surface area (Å²) in [5.74, 6) is 0.590. The number of halogens is 1. The molecule has 12 heavy (non-hydrogen) atoms. The third kappa shape index (κ3) is 1.32. The van der Waals surface area contributed by atoms with Gasteiger partial charge in [0.05, 0.1) is 6.54 Å². The number of fused-ring (bicyclic) bond motifs is 1. The molecule has 62 valence electrons. The van der Waals surface area contributed by atoms with Gasteiger partial charge in [0, 0.05) is 3.57 Å². The molecule has 1 aromatic heterocycles. The molecule has 1 heterocycles. The normalized spacial score (nSPS) is 10.8. The van der Waals surface area contributed by atoms with Gasteiger partial charge in [-0.1, -0.05) is 0 Å². The number of rotatable bonds is 1. The highest BCUT2D eigenvalue weighted by atomic mass is 127. The molecule has 4 heteroatoms. The molecule has 0 aliphatic rings. The van der Waals surface area contributed by atoms with Crippen LogP contribution in [-0.4, -0.2) is 4.98 Å². The average Bonchev–Trinajstić information content (AvgIpc) is 2.46. The van der Waals surface area contributed by atoms with Crippen molar-refractivity contribution in [3.05, 3.63) is 27.7 Å². The number of hydrogen-bond donors (Lipinski definition) is 1. The van der Waals surface area contributed by atoms with Gasteiger partial charge in [0.2, 0.25) is 5.89 Å². The number of hydrogen-bond acceptors (Lipinski definition) is 3. The second kappa shape index (κ2) is 3.02. The Morgan fingerprint density at radius 2 is 2.33 bits per heavy atom. The van der Waals surface area contributed by atoms with Gasteiger partial charge in [-0.2, -0.15) is 0 Å². The molecular formula is C8H7IN2O. The van der Waals surface area contributed by atoms with Crippen molar-refractivity contribution >= 4 is 33.7 Å². The zero-order valence-electron chi connectivity index (χ0n) is 6.25. The molecule has 0 bridgehead atoms. The van der Waals surface area contributed by atoms with E-state index in [4.69, 9.17) is 10.2 Å². The van der Waals surface area contributed by atoms with Crippen LogP contribution in [-0.2, 0) is 6.54 Å². The number of oxazole rings is 1. The van der Waals surface area contributed by atoms with Crippen LogP contribution >= 0.6 is 22.6 Å². The number of nitrogens with zero attached hydrogens (tertiary/aromatic N) is 1. The minimum atomic E-state index is 0.352. The number of nitrogens with two attached hydrogens (primary N) is 1. The van der Waals surface area contributed by atoms with E-state index in [9.17, 15) is 0 Å². The van der Waals surface area contributed by atoms with Gasteiger partial charge >= 0.3 is 0 Å². The van der Waals surface area contributed by atoms with Gasteiger partial charge < -0.3 is 10.2 Å². The van der Waals surface area contributed by atoms with Crippen LogP contribution < -0.4 is 5.73 Å². The summed E-state index contributed by atoms with van der Waals surface area (Å²) in [6.07, 6.45) is 0. The van der Waals surface area contributed by atoms with E-state index in [1.54, 1.807) is 0 Å². The lowest BCUT2D eigenvalue weighted by Crippen LogP contribution is -1.94. The van der Waals surface area contributed by atoms with E-state index < -0.39 is 0 Å². The third-order valence-corrected chi connectivity index (χ3v) is 2.24. The van der Waals surface area contributed by atoms with Crippen molar-refractivity contribution in [2.75, 3.05) is 0 Å². The lowest BCUT2D eigenvalue weighted by atomic mass is 10.3. The SMILES string of the molecule is NCc1nc2cc(I)ccc2o1. The Labute approximate surface area is 83.1 Å². The predicted octanol–water partition coefficient (Wildman–Crippen LogP) is 1.89. The van der Waals surface area contributed by atoms with E-state index in [0.717, 1.165) is 14.7 Å². The van der Waals surface area contributed by atoms with Crippen molar-refractivity contribution in [2.24, 2.45) is 5.73 Å². The van der Waals surface area contributed by atoms with Gasteiger partial charge in [-0.3, -0.25) is 0 Å². The van der Waals surface area contributed by atoms with Crippen molar-refractivity contribution < 1.29 is 4.42 Å². The van der Waals surface area contributed by atoms with E-state index in [1.165, 1.54) is 0 Å². The molecule has 0 aliphatic heterocycles. The van der Waals surface area contributed by atoms with Crippen LogP contribution in [0.4, 0.5) is 0 Å². The van der Waals surface area contributed by atoms with Crippen LogP contribution in [0, 0.1) is 3.57 Å². The summed E-state index contributed by atoms with van der Waals surface area (Å²) in [5.41, 5.74) is 7.07. The number of benzene rings is 1. The Kier molecular flexibility index (Phi) is 2.02. The maximum Gasteiger partial charge on any atom is 0.209 e. The smallest absolute Gasteiger partial charge is 0.209 e. The molecule has 0 atom stereocenters. The highest BCUT2D eigenvalue weighted by Gasteiger charge is 2.02. The lowest BCUT2D eigenvalue weighted by Gasteiger charge is -1.86. The minimum absolute atomic E-state index is 0.352. The molecule has 0 saturated heterocycles. The van der Waals surface area contributed by atoms with Gasteiger partial charge in [0.1, 0.15) is 5.52 Å². The summed E-state index contributed by atoms with van der Waals surface area (Å²) < 4.78 is 6.48. The summed E-state index contributed by atoms with van der Waals surface area (Å²) >= 11 is 2.24. The van der Waals surface area contributed by atoms with Gasteiger partial charge in [0.25, 0.3) is 0 Å². The molecule has 0 fully saturated rings. The summed E-state index contributed by atoms with van der Waals surface area (Å²) in [6, 6.07) is 5.86. The summed E-state index contributed by atoms with van der Waals surface area (Å²) in [6.45, 7) is 0.352. The Hall–Kier alpha value is -0.620. The zero-order valence-corrected chi connectivity index (χ0v) is 8.41. The Morgan fingerprint density at radius 3 is 3.08 bits per heavy atom. The van der Waals surface area contributed by atoms with Gasteiger partial charge in [-0.25, -0.2) is 4.98 Å². The largest absolute Gasteiger partial charge is 0.439 e. The maximum absolute atomic E-state index is 5.39. The maximum atomic E-state index is 5.39. The molecule has 0 spiro atoms. The second-order valence-corrected chi connectivity index (χ2v) is 3.67. The molecule has 2 N–H and O–H groups in total. The van der Waals surface area contributed by atoms with Gasteiger partial charge in [0.15, 0.2) is 5.58 Å². The fourth-order valence-electron chi connectivity index (χ4n) is 1.04. The van der Waals surface area contributed by atoms with E-state index >= 15 is 0 Å². The monoisotopic (exact) mass is 274 g/mol. The van der Waals surface area contributed by atoms with Gasteiger partial charge in [-0.15, -0.1) is 0 Å². The molecule has 0 aliphatic carbocycles. The van der Waals surface area contributed by atoms with Crippen LogP contribution in [0.15, 0.2) is 22.6 Å². The molecular weight excluding hydrogens is 267 g/mol. The molecule has 2 rings (SSSR count). The standard InChI is InChI=1S/C8H7IN2O/c9-5-1-2-7-6(3-5)11-8(4-10)12-7/h1-3H,4,10H2. The van der Waals surface area contributed by atoms with E-state index in [2.05, 4.69) is 27.6 Å². The highest BCUT2D eigenvalue weighted by Crippen LogP contribution is 2.17. The van der Waals surface area contributed by atoms with Crippen LogP contribution in [0.3, 0.4) is 0 Å². The second-order valence-electron chi connectivity index (χ2n) is 2.42. The van der Waals surface area contributed by atoms with E-state index in [1.807, 2.05) is 18.2 Å². The predicted molar refractivity (Wildman–Crippen MR) is 54.6 cm³/mol. The molecule has 2 aromatic rings. The molecule has 0 amide bonds. The first-order valence-corrected chi connectivity index (χ1v) is 4.62. The molecule has 1 aromatic carbocycles. The quantitative estimate of drug-likeness (QED) is 0.808. The van der Waals surface area contributed by atoms with Crippen LogP contribution in [0.25, 0.3) is 11.1 Å². The molecule has 3 nitrogen and oxygen atoms in total. The Balaban J connectivity index is 2.67. The molecule has 0 saturated carbocycles. The molecule has 0 unspecified atom stereocenters. The molecule has 0 radical (unpaired) electrons. The number of aromatic nitrogens is 1. The van der Waals surface area contributed by atoms with Crippen LogP contribution in [0.2, 0.25) is 0 Å². The zero-order chi connectivity index (χ0) is 8.55. The first kappa shape index (κ1) is 8.00. The minimum Gasteiger partial charge on any atom is -0.439 e. The summed E-state index contributed by atoms with van der Waals surface area (Å²) in [5, 5.41) is 0. The van der Waals surface area contributed by atoms with Crippen molar-refractivity contribution in [1.29, 1.82) is 0 Å².